The minimum absolute atomic E-state index is 0.00357. The number of hydrogen-bond acceptors (Lipinski definition) is 3. The summed E-state index contributed by atoms with van der Waals surface area (Å²) in [6, 6.07) is 15.8. The van der Waals surface area contributed by atoms with Crippen LogP contribution in [0.2, 0.25) is 0 Å². The summed E-state index contributed by atoms with van der Waals surface area (Å²) in [4.78, 5) is 18.2. The van der Waals surface area contributed by atoms with Gasteiger partial charge in [0, 0.05) is 32.7 Å². The molecule has 2 rings (SSSR count). The Hall–Kier alpha value is -3.02. The number of hydrogen-bond donors (Lipinski definition) is 2. The van der Waals surface area contributed by atoms with Gasteiger partial charge >= 0.3 is 0 Å². The van der Waals surface area contributed by atoms with Crippen molar-refractivity contribution >= 4 is 11.9 Å². The van der Waals surface area contributed by atoms with E-state index < -0.39 is 0 Å². The maximum absolute atomic E-state index is 12.0. The van der Waals surface area contributed by atoms with Gasteiger partial charge in [0.1, 0.15) is 5.75 Å². The third kappa shape index (κ3) is 7.78. The molecule has 0 fully saturated rings. The Kier molecular flexibility index (Phi) is 9.19. The smallest absolute Gasteiger partial charge is 0.253 e. The normalized spacial score (nSPS) is 11.3. The molecule has 2 N–H and O–H groups in total. The molecule has 162 valence electrons. The number of benzene rings is 2. The Morgan fingerprint density at radius 2 is 1.63 bits per heavy atom. The van der Waals surface area contributed by atoms with Crippen LogP contribution >= 0.6 is 0 Å². The molecule has 0 aliphatic rings. The Labute approximate surface area is 180 Å². The first kappa shape index (κ1) is 23.3. The summed E-state index contributed by atoms with van der Waals surface area (Å²) in [5.74, 6) is 1.68. The van der Waals surface area contributed by atoms with Crippen LogP contribution in [-0.4, -0.2) is 50.1 Å². The number of nitrogens with zero attached hydrogens (tertiary/aromatic N) is 2. The van der Waals surface area contributed by atoms with Crippen LogP contribution in [0.5, 0.6) is 5.75 Å². The van der Waals surface area contributed by atoms with Crippen molar-refractivity contribution in [2.45, 2.75) is 39.8 Å². The first-order valence-corrected chi connectivity index (χ1v) is 10.5. The summed E-state index contributed by atoms with van der Waals surface area (Å²) in [6.45, 7) is 8.23. The lowest BCUT2D eigenvalue weighted by atomic mass is 10.1. The number of rotatable bonds is 9. The third-order valence-electron chi connectivity index (χ3n) is 4.37. The van der Waals surface area contributed by atoms with Gasteiger partial charge in [-0.05, 0) is 62.6 Å². The number of carbonyl (C=O) groups is 1. The number of amides is 1. The molecule has 0 aliphatic carbocycles. The summed E-state index contributed by atoms with van der Waals surface area (Å²) >= 11 is 0. The summed E-state index contributed by atoms with van der Waals surface area (Å²) in [7, 11) is 3.51. The van der Waals surface area contributed by atoms with Gasteiger partial charge in [-0.3, -0.25) is 4.79 Å². The maximum atomic E-state index is 12.0. The zero-order chi connectivity index (χ0) is 21.9. The lowest BCUT2D eigenvalue weighted by molar-refractivity contribution is 0.0827. The minimum atomic E-state index is 0.00357. The van der Waals surface area contributed by atoms with E-state index in [9.17, 15) is 4.79 Å². The predicted molar refractivity (Wildman–Crippen MR) is 123 cm³/mol. The quantitative estimate of drug-likeness (QED) is 0.491. The molecule has 2 aromatic carbocycles. The summed E-state index contributed by atoms with van der Waals surface area (Å²) in [5, 5.41) is 6.65. The Balaban J connectivity index is 1.87. The molecule has 6 heteroatoms. The molecule has 0 aromatic heterocycles. The fourth-order valence-corrected chi connectivity index (χ4v) is 2.86. The van der Waals surface area contributed by atoms with Gasteiger partial charge in [0.05, 0.1) is 12.6 Å². The van der Waals surface area contributed by atoms with Crippen molar-refractivity contribution < 1.29 is 9.53 Å². The lowest BCUT2D eigenvalue weighted by Gasteiger charge is -2.13. The summed E-state index contributed by atoms with van der Waals surface area (Å²) in [5.41, 5.74) is 2.99. The Morgan fingerprint density at radius 1 is 1.00 bits per heavy atom. The van der Waals surface area contributed by atoms with Gasteiger partial charge < -0.3 is 20.3 Å². The van der Waals surface area contributed by atoms with Gasteiger partial charge in [0.2, 0.25) is 0 Å². The van der Waals surface area contributed by atoms with Gasteiger partial charge in [0.25, 0.3) is 5.91 Å². The average molecular weight is 411 g/mol. The first-order chi connectivity index (χ1) is 14.4. The second kappa shape index (κ2) is 11.9. The van der Waals surface area contributed by atoms with E-state index in [4.69, 9.17) is 4.74 Å². The molecule has 2 aromatic rings. The molecule has 0 spiro atoms. The number of ether oxygens (including phenoxy) is 1. The molecular weight excluding hydrogens is 376 g/mol. The number of aliphatic imine (C=N–C) groups is 1. The van der Waals surface area contributed by atoms with Crippen LogP contribution in [0.3, 0.4) is 0 Å². The van der Waals surface area contributed by atoms with Crippen molar-refractivity contribution in [3.8, 4) is 5.75 Å². The van der Waals surface area contributed by atoms with Crippen LogP contribution in [0.4, 0.5) is 0 Å². The molecule has 0 atom stereocenters. The van der Waals surface area contributed by atoms with E-state index in [1.807, 2.05) is 57.2 Å². The van der Waals surface area contributed by atoms with E-state index in [2.05, 4.69) is 27.8 Å². The van der Waals surface area contributed by atoms with E-state index in [1.165, 1.54) is 5.56 Å². The summed E-state index contributed by atoms with van der Waals surface area (Å²) < 4.78 is 5.68. The lowest BCUT2D eigenvalue weighted by Crippen LogP contribution is -2.38. The second-order valence-electron chi connectivity index (χ2n) is 7.58. The van der Waals surface area contributed by atoms with Crippen molar-refractivity contribution in [2.24, 2.45) is 4.99 Å². The second-order valence-corrected chi connectivity index (χ2v) is 7.58. The van der Waals surface area contributed by atoms with E-state index in [-0.39, 0.29) is 12.0 Å². The zero-order valence-corrected chi connectivity index (χ0v) is 18.7. The monoisotopic (exact) mass is 410 g/mol. The maximum Gasteiger partial charge on any atom is 0.253 e. The Morgan fingerprint density at radius 3 is 2.20 bits per heavy atom. The van der Waals surface area contributed by atoms with E-state index >= 15 is 0 Å². The standard InChI is InChI=1S/C24H34N4O2/c1-6-25-24(26-16-15-19-9-13-22(14-10-19)30-18(2)3)27-17-20-7-11-21(12-8-20)23(29)28(4)5/h7-14,18H,6,15-17H2,1-5H3,(H2,25,26,27). The van der Waals surface area contributed by atoms with E-state index in [1.54, 1.807) is 19.0 Å². The van der Waals surface area contributed by atoms with Gasteiger partial charge in [-0.15, -0.1) is 0 Å². The number of nitrogens with one attached hydrogen (secondary N) is 2. The summed E-state index contributed by atoms with van der Waals surface area (Å²) in [6.07, 6.45) is 1.08. The molecule has 30 heavy (non-hydrogen) atoms. The molecular formula is C24H34N4O2. The van der Waals surface area contributed by atoms with E-state index in [0.717, 1.165) is 36.8 Å². The van der Waals surface area contributed by atoms with Gasteiger partial charge in [-0.25, -0.2) is 4.99 Å². The van der Waals surface area contributed by atoms with Crippen molar-refractivity contribution in [1.82, 2.24) is 15.5 Å². The molecule has 0 saturated heterocycles. The number of carbonyl (C=O) groups excluding carboxylic acids is 1. The fourth-order valence-electron chi connectivity index (χ4n) is 2.86. The molecule has 0 unspecified atom stereocenters. The topological polar surface area (TPSA) is 66.0 Å². The molecule has 0 radical (unpaired) electrons. The van der Waals surface area contributed by atoms with Crippen molar-refractivity contribution in [3.05, 3.63) is 65.2 Å². The Bertz CT molecular complexity index is 812. The van der Waals surface area contributed by atoms with Crippen LogP contribution in [0.1, 0.15) is 42.3 Å². The van der Waals surface area contributed by atoms with Gasteiger partial charge in [-0.2, -0.15) is 0 Å². The fraction of sp³-hybridized carbons (Fsp3) is 0.417. The molecule has 0 bridgehead atoms. The molecule has 0 saturated carbocycles. The van der Waals surface area contributed by atoms with Crippen molar-refractivity contribution in [3.63, 3.8) is 0 Å². The van der Waals surface area contributed by atoms with Crippen LogP contribution < -0.4 is 15.4 Å². The highest BCUT2D eigenvalue weighted by molar-refractivity contribution is 5.93. The first-order valence-electron chi connectivity index (χ1n) is 10.5. The van der Waals surface area contributed by atoms with Crippen LogP contribution in [0.25, 0.3) is 0 Å². The molecule has 6 nitrogen and oxygen atoms in total. The number of guanidine groups is 1. The highest BCUT2D eigenvalue weighted by atomic mass is 16.5. The molecule has 1 amide bonds. The SMILES string of the molecule is CCNC(=NCc1ccc(C(=O)N(C)C)cc1)NCCc1ccc(OC(C)C)cc1. The molecule has 0 heterocycles. The van der Waals surface area contributed by atoms with Crippen molar-refractivity contribution in [2.75, 3.05) is 27.2 Å². The van der Waals surface area contributed by atoms with Crippen LogP contribution in [0.15, 0.2) is 53.5 Å². The van der Waals surface area contributed by atoms with Gasteiger partial charge in [0.15, 0.2) is 5.96 Å². The van der Waals surface area contributed by atoms with Gasteiger partial charge in [-0.1, -0.05) is 24.3 Å². The highest BCUT2D eigenvalue weighted by Gasteiger charge is 2.07. The zero-order valence-electron chi connectivity index (χ0n) is 18.7. The van der Waals surface area contributed by atoms with Crippen molar-refractivity contribution in [1.29, 1.82) is 0 Å². The largest absolute Gasteiger partial charge is 0.491 e. The van der Waals surface area contributed by atoms with Crippen LogP contribution in [-0.2, 0) is 13.0 Å². The predicted octanol–water partition coefficient (Wildman–Crippen LogP) is 3.47. The van der Waals surface area contributed by atoms with Crippen LogP contribution in [0, 0.1) is 0 Å². The average Bonchev–Trinajstić information content (AvgIpc) is 2.72. The highest BCUT2D eigenvalue weighted by Crippen LogP contribution is 2.14. The third-order valence-corrected chi connectivity index (χ3v) is 4.37. The minimum Gasteiger partial charge on any atom is -0.491 e. The molecule has 0 aliphatic heterocycles. The van der Waals surface area contributed by atoms with E-state index in [0.29, 0.717) is 12.1 Å².